The highest BCUT2D eigenvalue weighted by Crippen LogP contribution is 2.24. The second-order valence-electron chi connectivity index (χ2n) is 5.26. The maximum atomic E-state index is 11.1. The van der Waals surface area contributed by atoms with Crippen LogP contribution in [0.1, 0.15) is 25.7 Å². The van der Waals surface area contributed by atoms with E-state index in [1.807, 2.05) is 12.1 Å². The fraction of sp³-hybridized carbons (Fsp3) is 0.571. The summed E-state index contributed by atoms with van der Waals surface area (Å²) in [6.45, 7) is 0. The molecule has 0 bridgehead atoms. The normalized spacial score (nSPS) is 23.3. The van der Waals surface area contributed by atoms with Crippen LogP contribution < -0.4 is 10.0 Å². The molecule has 6 heteroatoms. The molecule has 1 aromatic rings. The van der Waals surface area contributed by atoms with Crippen molar-refractivity contribution >= 4 is 21.4 Å². The van der Waals surface area contributed by atoms with Crippen LogP contribution in [0.15, 0.2) is 24.3 Å². The molecular weight excluding hydrogens is 276 g/mol. The standard InChI is InChI=1S/C14H22N2O3S/c1-19-14-6-4-3-5-13(14)15-11-7-9-12(10-8-11)16-20(2,17)18/h7-10,13-16H,3-6H2,1-2H3. The smallest absolute Gasteiger partial charge is 0.229 e. The maximum Gasteiger partial charge on any atom is 0.229 e. The molecule has 112 valence electrons. The highest BCUT2D eigenvalue weighted by atomic mass is 32.2. The number of nitrogens with one attached hydrogen (secondary N) is 2. The van der Waals surface area contributed by atoms with Gasteiger partial charge in [-0.25, -0.2) is 8.42 Å². The van der Waals surface area contributed by atoms with E-state index in [-0.39, 0.29) is 6.10 Å². The van der Waals surface area contributed by atoms with Crippen molar-refractivity contribution in [3.8, 4) is 0 Å². The van der Waals surface area contributed by atoms with Crippen LogP contribution in [-0.4, -0.2) is 33.9 Å². The van der Waals surface area contributed by atoms with Crippen LogP contribution in [0.5, 0.6) is 0 Å². The highest BCUT2D eigenvalue weighted by molar-refractivity contribution is 7.92. The van der Waals surface area contributed by atoms with Crippen molar-refractivity contribution < 1.29 is 13.2 Å². The Bertz CT molecular complexity index is 528. The predicted molar refractivity (Wildman–Crippen MR) is 81.6 cm³/mol. The van der Waals surface area contributed by atoms with Gasteiger partial charge in [-0.05, 0) is 37.1 Å². The summed E-state index contributed by atoms with van der Waals surface area (Å²) in [4.78, 5) is 0. The van der Waals surface area contributed by atoms with Crippen molar-refractivity contribution in [3.63, 3.8) is 0 Å². The Morgan fingerprint density at radius 2 is 1.70 bits per heavy atom. The number of anilines is 2. The summed E-state index contributed by atoms with van der Waals surface area (Å²) in [6, 6.07) is 7.61. The molecular formula is C14H22N2O3S. The summed E-state index contributed by atoms with van der Waals surface area (Å²) in [7, 11) is -1.47. The zero-order chi connectivity index (χ0) is 14.6. The second kappa shape index (κ2) is 6.45. The Morgan fingerprint density at radius 1 is 1.10 bits per heavy atom. The molecule has 2 rings (SSSR count). The van der Waals surface area contributed by atoms with Gasteiger partial charge in [0, 0.05) is 18.5 Å². The molecule has 20 heavy (non-hydrogen) atoms. The quantitative estimate of drug-likeness (QED) is 0.876. The van der Waals surface area contributed by atoms with Gasteiger partial charge in [0.15, 0.2) is 0 Å². The third-order valence-corrected chi connectivity index (χ3v) is 4.15. The van der Waals surface area contributed by atoms with E-state index in [9.17, 15) is 8.42 Å². The van der Waals surface area contributed by atoms with Gasteiger partial charge < -0.3 is 10.1 Å². The molecule has 5 nitrogen and oxygen atoms in total. The Balaban J connectivity index is 1.99. The SMILES string of the molecule is COC1CCCCC1Nc1ccc(NS(C)(=O)=O)cc1. The molecule has 0 amide bonds. The topological polar surface area (TPSA) is 67.4 Å². The lowest BCUT2D eigenvalue weighted by Crippen LogP contribution is -2.37. The summed E-state index contributed by atoms with van der Waals surface area (Å²) in [5.41, 5.74) is 1.56. The monoisotopic (exact) mass is 298 g/mol. The lowest BCUT2D eigenvalue weighted by Gasteiger charge is -2.31. The molecule has 1 fully saturated rings. The van der Waals surface area contributed by atoms with Gasteiger partial charge in [0.05, 0.1) is 18.4 Å². The highest BCUT2D eigenvalue weighted by Gasteiger charge is 2.24. The third kappa shape index (κ3) is 4.38. The number of benzene rings is 1. The van der Waals surface area contributed by atoms with Crippen LogP contribution in [-0.2, 0) is 14.8 Å². The average Bonchev–Trinajstić information content (AvgIpc) is 2.40. The minimum atomic E-state index is -3.22. The van der Waals surface area contributed by atoms with Gasteiger partial charge in [0.1, 0.15) is 0 Å². The zero-order valence-electron chi connectivity index (χ0n) is 11.9. The Kier molecular flexibility index (Phi) is 4.88. The summed E-state index contributed by atoms with van der Waals surface area (Å²) in [5, 5.41) is 3.47. The van der Waals surface area contributed by atoms with E-state index in [4.69, 9.17) is 4.74 Å². The number of sulfonamides is 1. The number of hydrogen-bond acceptors (Lipinski definition) is 4. The first kappa shape index (κ1) is 15.1. The van der Waals surface area contributed by atoms with Crippen molar-refractivity contribution in [1.29, 1.82) is 0 Å². The lowest BCUT2D eigenvalue weighted by molar-refractivity contribution is 0.0606. The van der Waals surface area contributed by atoms with Crippen molar-refractivity contribution in [2.75, 3.05) is 23.4 Å². The molecule has 1 aliphatic carbocycles. The molecule has 0 aliphatic heterocycles. The van der Waals surface area contributed by atoms with Gasteiger partial charge in [-0.15, -0.1) is 0 Å². The van der Waals surface area contributed by atoms with E-state index < -0.39 is 10.0 Å². The van der Waals surface area contributed by atoms with Crippen molar-refractivity contribution in [2.24, 2.45) is 0 Å². The second-order valence-corrected chi connectivity index (χ2v) is 7.01. The number of rotatable bonds is 5. The Hall–Kier alpha value is -1.27. The van der Waals surface area contributed by atoms with Crippen LogP contribution in [0.2, 0.25) is 0 Å². The number of ether oxygens (including phenoxy) is 1. The van der Waals surface area contributed by atoms with E-state index in [2.05, 4.69) is 10.0 Å². The van der Waals surface area contributed by atoms with E-state index in [0.29, 0.717) is 11.7 Å². The fourth-order valence-electron chi connectivity index (χ4n) is 2.61. The zero-order valence-corrected chi connectivity index (χ0v) is 12.7. The molecule has 0 radical (unpaired) electrons. The molecule has 1 saturated carbocycles. The molecule has 1 aliphatic rings. The summed E-state index contributed by atoms with van der Waals surface area (Å²) in [6.07, 6.45) is 6.00. The minimum absolute atomic E-state index is 0.248. The van der Waals surface area contributed by atoms with Crippen LogP contribution in [0, 0.1) is 0 Å². The average molecular weight is 298 g/mol. The fourth-order valence-corrected chi connectivity index (χ4v) is 3.17. The Labute approximate surface area is 120 Å². The molecule has 0 aromatic heterocycles. The molecule has 0 spiro atoms. The summed E-state index contributed by atoms with van der Waals surface area (Å²) >= 11 is 0. The molecule has 2 N–H and O–H groups in total. The van der Waals surface area contributed by atoms with Gasteiger partial charge in [0.25, 0.3) is 0 Å². The van der Waals surface area contributed by atoms with Gasteiger partial charge in [-0.2, -0.15) is 0 Å². The maximum absolute atomic E-state index is 11.1. The van der Waals surface area contributed by atoms with E-state index in [0.717, 1.165) is 24.8 Å². The van der Waals surface area contributed by atoms with Gasteiger partial charge >= 0.3 is 0 Å². The molecule has 2 unspecified atom stereocenters. The molecule has 0 saturated heterocycles. The largest absolute Gasteiger partial charge is 0.380 e. The van der Waals surface area contributed by atoms with E-state index >= 15 is 0 Å². The van der Waals surface area contributed by atoms with Crippen LogP contribution in [0.4, 0.5) is 11.4 Å². The van der Waals surface area contributed by atoms with Crippen LogP contribution >= 0.6 is 0 Å². The molecule has 1 aromatic carbocycles. The van der Waals surface area contributed by atoms with Crippen LogP contribution in [0.25, 0.3) is 0 Å². The first-order chi connectivity index (χ1) is 9.48. The number of hydrogen-bond donors (Lipinski definition) is 2. The van der Waals surface area contributed by atoms with Crippen LogP contribution in [0.3, 0.4) is 0 Å². The number of methoxy groups -OCH3 is 1. The van der Waals surface area contributed by atoms with E-state index in [1.165, 1.54) is 12.8 Å². The summed E-state index contributed by atoms with van der Waals surface area (Å²) < 4.78 is 30.2. The first-order valence-electron chi connectivity index (χ1n) is 6.85. The predicted octanol–water partition coefficient (Wildman–Crippen LogP) is 2.43. The molecule has 0 heterocycles. The van der Waals surface area contributed by atoms with Crippen molar-refractivity contribution in [1.82, 2.24) is 0 Å². The van der Waals surface area contributed by atoms with Crippen molar-refractivity contribution in [2.45, 2.75) is 37.8 Å². The third-order valence-electron chi connectivity index (χ3n) is 3.55. The Morgan fingerprint density at radius 3 is 2.30 bits per heavy atom. The van der Waals surface area contributed by atoms with Crippen molar-refractivity contribution in [3.05, 3.63) is 24.3 Å². The van der Waals surface area contributed by atoms with Gasteiger partial charge in [-0.1, -0.05) is 12.8 Å². The lowest BCUT2D eigenvalue weighted by atomic mass is 9.92. The summed E-state index contributed by atoms with van der Waals surface area (Å²) in [5.74, 6) is 0. The van der Waals surface area contributed by atoms with Gasteiger partial charge in [-0.3, -0.25) is 4.72 Å². The minimum Gasteiger partial charge on any atom is -0.380 e. The first-order valence-corrected chi connectivity index (χ1v) is 8.74. The van der Waals surface area contributed by atoms with E-state index in [1.54, 1.807) is 19.2 Å². The van der Waals surface area contributed by atoms with Gasteiger partial charge in [0.2, 0.25) is 10.0 Å². The molecule has 2 atom stereocenters.